The Bertz CT molecular complexity index is 1150. The summed E-state index contributed by atoms with van der Waals surface area (Å²) in [6.07, 6.45) is 10.2. The molecule has 0 amide bonds. The van der Waals surface area contributed by atoms with E-state index >= 15 is 0 Å². The van der Waals surface area contributed by atoms with Crippen molar-refractivity contribution in [2.45, 2.75) is 132 Å². The predicted molar refractivity (Wildman–Crippen MR) is 158 cm³/mol. The summed E-state index contributed by atoms with van der Waals surface area (Å²) in [6, 6.07) is 0. The van der Waals surface area contributed by atoms with Gasteiger partial charge in [-0.05, 0) is 97.2 Å². The normalized spacial score (nSPS) is 45.9. The van der Waals surface area contributed by atoms with Crippen LogP contribution in [0.5, 0.6) is 0 Å². The molecule has 0 N–H and O–H groups in total. The summed E-state index contributed by atoms with van der Waals surface area (Å²) >= 11 is 0. The Kier molecular flexibility index (Phi) is 7.15. The van der Waals surface area contributed by atoms with Gasteiger partial charge in [-0.3, -0.25) is 14.4 Å². The van der Waals surface area contributed by atoms with E-state index in [0.29, 0.717) is 18.3 Å². The molecule has 230 valence electrons. The molecule has 6 heteroatoms. The Morgan fingerprint density at radius 2 is 1.34 bits per heavy atom. The minimum absolute atomic E-state index is 0.00670. The van der Waals surface area contributed by atoms with Crippen molar-refractivity contribution >= 4 is 17.9 Å². The lowest BCUT2D eigenvalue weighted by Crippen LogP contribution is -2.66. The summed E-state index contributed by atoms with van der Waals surface area (Å²) in [5.41, 5.74) is 0.842. The minimum Gasteiger partial charge on any atom is -0.469 e. The highest BCUT2D eigenvalue weighted by Gasteiger charge is 2.70. The topological polar surface area (TPSA) is 78.9 Å². The van der Waals surface area contributed by atoms with Crippen LogP contribution in [0.25, 0.3) is 0 Å². The van der Waals surface area contributed by atoms with Crippen molar-refractivity contribution < 1.29 is 28.6 Å². The predicted octanol–water partition coefficient (Wildman–Crippen LogP) is 7.43. The van der Waals surface area contributed by atoms with Crippen molar-refractivity contribution in [2.24, 2.45) is 50.2 Å². The fourth-order valence-corrected chi connectivity index (χ4v) is 11.9. The average Bonchev–Trinajstić information content (AvgIpc) is 2.85. The largest absolute Gasteiger partial charge is 0.469 e. The molecule has 4 fully saturated rings. The Morgan fingerprint density at radius 1 is 0.756 bits per heavy atom. The van der Waals surface area contributed by atoms with Gasteiger partial charge in [0.25, 0.3) is 0 Å². The molecule has 9 atom stereocenters. The van der Waals surface area contributed by atoms with E-state index in [-0.39, 0.29) is 50.9 Å². The molecule has 5 aliphatic rings. The van der Waals surface area contributed by atoms with Crippen molar-refractivity contribution in [1.82, 2.24) is 0 Å². The van der Waals surface area contributed by atoms with E-state index < -0.39 is 17.6 Å². The monoisotopic (exact) mass is 570 g/mol. The van der Waals surface area contributed by atoms with Crippen LogP contribution in [0.4, 0.5) is 0 Å². The van der Waals surface area contributed by atoms with Gasteiger partial charge in [-0.25, -0.2) is 0 Å². The van der Waals surface area contributed by atoms with Gasteiger partial charge < -0.3 is 14.2 Å². The standard InChI is InChI=1S/C35H54O6/c1-21(36)40-23-19-34(9)24(31(5,6)28(23)41-22(2)37)11-14-32(7)25-13-16-35(29(38)39-10)18-17-30(3,4)20-27(35)33(25,8)15-12-26(32)34/h13,23-24,26-28H,11-12,14-20H2,1-10H3/t23-,24+,26+,27+,28+,32+,33-,34+,35-/m1/s1. The Morgan fingerprint density at radius 3 is 1.93 bits per heavy atom. The van der Waals surface area contributed by atoms with Crippen LogP contribution >= 0.6 is 0 Å². The Hall–Kier alpha value is -1.85. The molecule has 0 aromatic carbocycles. The molecule has 0 aromatic heterocycles. The molecule has 0 radical (unpaired) electrons. The van der Waals surface area contributed by atoms with Crippen LogP contribution in [0, 0.1) is 50.2 Å². The highest BCUT2D eigenvalue weighted by molar-refractivity contribution is 5.78. The van der Waals surface area contributed by atoms with Crippen LogP contribution in [-0.2, 0) is 28.6 Å². The second-order valence-electron chi connectivity index (χ2n) is 16.6. The molecule has 0 aromatic rings. The summed E-state index contributed by atoms with van der Waals surface area (Å²) in [7, 11) is 1.56. The smallest absolute Gasteiger partial charge is 0.312 e. The first-order valence-electron chi connectivity index (χ1n) is 16.0. The third-order valence-electron chi connectivity index (χ3n) is 13.4. The molecule has 0 unspecified atom stereocenters. The van der Waals surface area contributed by atoms with Crippen molar-refractivity contribution in [3.63, 3.8) is 0 Å². The number of hydrogen-bond donors (Lipinski definition) is 0. The first-order valence-corrected chi connectivity index (χ1v) is 16.0. The number of fused-ring (bicyclic) bond motifs is 7. The van der Waals surface area contributed by atoms with Gasteiger partial charge in [0.05, 0.1) is 12.5 Å². The quantitative estimate of drug-likeness (QED) is 0.199. The second-order valence-corrected chi connectivity index (χ2v) is 16.6. The fourth-order valence-electron chi connectivity index (χ4n) is 11.9. The van der Waals surface area contributed by atoms with E-state index in [0.717, 1.165) is 51.4 Å². The van der Waals surface area contributed by atoms with E-state index in [1.54, 1.807) is 12.7 Å². The van der Waals surface area contributed by atoms with Crippen LogP contribution in [0.3, 0.4) is 0 Å². The summed E-state index contributed by atoms with van der Waals surface area (Å²) < 4.78 is 17.4. The molecular weight excluding hydrogens is 516 g/mol. The summed E-state index contributed by atoms with van der Waals surface area (Å²) in [4.78, 5) is 38.0. The summed E-state index contributed by atoms with van der Waals surface area (Å²) in [5, 5.41) is 0. The highest BCUT2D eigenvalue weighted by Crippen LogP contribution is 2.75. The van der Waals surface area contributed by atoms with Gasteiger partial charge in [0, 0.05) is 19.3 Å². The van der Waals surface area contributed by atoms with Crippen molar-refractivity contribution in [3.05, 3.63) is 11.6 Å². The first kappa shape index (κ1) is 30.6. The lowest BCUT2D eigenvalue weighted by Gasteiger charge is -2.70. The van der Waals surface area contributed by atoms with Gasteiger partial charge in [-0.15, -0.1) is 0 Å². The number of allylic oxidation sites excluding steroid dienone is 2. The Labute approximate surface area is 247 Å². The third-order valence-corrected chi connectivity index (χ3v) is 13.4. The van der Waals surface area contributed by atoms with Crippen molar-refractivity contribution in [1.29, 1.82) is 0 Å². The molecule has 0 spiro atoms. The van der Waals surface area contributed by atoms with E-state index in [9.17, 15) is 14.4 Å². The molecule has 5 aliphatic carbocycles. The number of ether oxygens (including phenoxy) is 3. The lowest BCUT2D eigenvalue weighted by atomic mass is 9.34. The maximum Gasteiger partial charge on any atom is 0.312 e. The SMILES string of the molecule is COC(=O)[C@@]12CC=C3[C@]4(C)CC[C@H]5C(C)(C)[C@@H](OC(C)=O)[C@H](OC(C)=O)C[C@]5(C)[C@H]4CC[C@@]3(C)[C@@H]1CC(C)(C)CC2. The van der Waals surface area contributed by atoms with Crippen LogP contribution in [0.15, 0.2) is 11.6 Å². The van der Waals surface area contributed by atoms with E-state index in [4.69, 9.17) is 14.2 Å². The average molecular weight is 571 g/mol. The molecule has 4 saturated carbocycles. The van der Waals surface area contributed by atoms with Crippen LogP contribution in [-0.4, -0.2) is 37.2 Å². The van der Waals surface area contributed by atoms with Crippen molar-refractivity contribution in [2.75, 3.05) is 7.11 Å². The maximum absolute atomic E-state index is 13.5. The van der Waals surface area contributed by atoms with Gasteiger partial charge in [0.15, 0.2) is 0 Å². The minimum atomic E-state index is -0.463. The zero-order chi connectivity index (χ0) is 30.4. The molecule has 0 saturated heterocycles. The fraction of sp³-hybridized carbons (Fsp3) is 0.857. The van der Waals surface area contributed by atoms with Gasteiger partial charge in [0.1, 0.15) is 12.2 Å². The van der Waals surface area contributed by atoms with Crippen LogP contribution in [0.1, 0.15) is 120 Å². The van der Waals surface area contributed by atoms with Gasteiger partial charge in [-0.2, -0.15) is 0 Å². The van der Waals surface area contributed by atoms with E-state index in [1.165, 1.54) is 13.8 Å². The molecule has 6 nitrogen and oxygen atoms in total. The molecule has 5 rings (SSSR count). The lowest BCUT2D eigenvalue weighted by molar-refractivity contribution is -0.235. The van der Waals surface area contributed by atoms with Gasteiger partial charge >= 0.3 is 17.9 Å². The Balaban J connectivity index is 1.58. The molecule has 0 heterocycles. The number of rotatable bonds is 3. The maximum atomic E-state index is 13.5. The molecule has 41 heavy (non-hydrogen) atoms. The number of esters is 3. The second kappa shape index (κ2) is 9.58. The van der Waals surface area contributed by atoms with Crippen molar-refractivity contribution in [3.8, 4) is 0 Å². The van der Waals surface area contributed by atoms with E-state index in [2.05, 4.69) is 54.5 Å². The third kappa shape index (κ3) is 4.34. The highest BCUT2D eigenvalue weighted by atomic mass is 16.6. The zero-order valence-electron chi connectivity index (χ0n) is 27.3. The number of carbonyl (C=O) groups is 3. The van der Waals surface area contributed by atoms with Crippen LogP contribution in [0.2, 0.25) is 0 Å². The number of hydrogen-bond acceptors (Lipinski definition) is 6. The molecular formula is C35H54O6. The van der Waals surface area contributed by atoms with Crippen LogP contribution < -0.4 is 0 Å². The van der Waals surface area contributed by atoms with Gasteiger partial charge in [0.2, 0.25) is 0 Å². The zero-order valence-corrected chi connectivity index (χ0v) is 27.3. The summed E-state index contributed by atoms with van der Waals surface area (Å²) in [6.45, 7) is 19.4. The number of carbonyl (C=O) groups excluding carboxylic acids is 3. The first-order chi connectivity index (χ1) is 18.9. The number of methoxy groups -OCH3 is 1. The molecule has 0 bridgehead atoms. The van der Waals surface area contributed by atoms with Gasteiger partial charge in [-0.1, -0.05) is 60.1 Å². The van der Waals surface area contributed by atoms with E-state index in [1.807, 2.05) is 0 Å². The summed E-state index contributed by atoms with van der Waals surface area (Å²) in [5.74, 6) is 0.335. The molecule has 0 aliphatic heterocycles.